The number of nitrogens with zero attached hydrogens (tertiary/aromatic N) is 1. The van der Waals surface area contributed by atoms with Gasteiger partial charge in [-0.05, 0) is 67.6 Å². The van der Waals surface area contributed by atoms with Gasteiger partial charge >= 0.3 is 0 Å². The summed E-state index contributed by atoms with van der Waals surface area (Å²) < 4.78 is 0. The van der Waals surface area contributed by atoms with E-state index in [-0.39, 0.29) is 12.4 Å². The van der Waals surface area contributed by atoms with Crippen molar-refractivity contribution in [3.63, 3.8) is 0 Å². The van der Waals surface area contributed by atoms with E-state index < -0.39 is 0 Å². The second-order valence-corrected chi connectivity index (χ2v) is 9.85. The number of hydrogen-bond donors (Lipinski definition) is 1. The average Bonchev–Trinajstić information content (AvgIpc) is 2.97. The Balaban J connectivity index is 0.00000181. The quantitative estimate of drug-likeness (QED) is 0.567. The summed E-state index contributed by atoms with van der Waals surface area (Å²) in [5.41, 5.74) is 8.26. The SMILES string of the molecule is C1=CC2=CCC3=C4C(CCC3CC3CCCCC3)C3=CNCC=C3N4C2CC1.Cl. The third kappa shape index (κ3) is 3.23. The van der Waals surface area contributed by atoms with Crippen molar-refractivity contribution in [2.75, 3.05) is 6.54 Å². The van der Waals surface area contributed by atoms with Crippen molar-refractivity contribution >= 4 is 12.4 Å². The molecule has 0 amide bonds. The zero-order valence-corrected chi connectivity index (χ0v) is 18.4. The normalized spacial score (nSPS) is 33.3. The highest BCUT2D eigenvalue weighted by Crippen LogP contribution is 2.55. The molecule has 3 atom stereocenters. The summed E-state index contributed by atoms with van der Waals surface area (Å²) in [4.78, 5) is 2.82. The second kappa shape index (κ2) is 8.02. The largest absolute Gasteiger partial charge is 0.387 e. The second-order valence-electron chi connectivity index (χ2n) is 9.85. The first-order chi connectivity index (χ1) is 13.9. The first-order valence-electron chi connectivity index (χ1n) is 11.9. The van der Waals surface area contributed by atoms with Gasteiger partial charge in [0.2, 0.25) is 0 Å². The third-order valence-electron chi connectivity index (χ3n) is 8.33. The van der Waals surface area contributed by atoms with Gasteiger partial charge in [-0.3, -0.25) is 0 Å². The number of nitrogens with one attached hydrogen (secondary N) is 1. The number of halogens is 1. The summed E-state index contributed by atoms with van der Waals surface area (Å²) in [5, 5.41) is 3.52. The summed E-state index contributed by atoms with van der Waals surface area (Å²) in [6.07, 6.45) is 27.5. The van der Waals surface area contributed by atoms with Crippen molar-refractivity contribution in [2.45, 2.75) is 76.7 Å². The van der Waals surface area contributed by atoms with Crippen molar-refractivity contribution in [1.82, 2.24) is 10.2 Å². The lowest BCUT2D eigenvalue weighted by Crippen LogP contribution is -2.35. The van der Waals surface area contributed by atoms with Crippen LogP contribution in [0.2, 0.25) is 0 Å². The summed E-state index contributed by atoms with van der Waals surface area (Å²) in [7, 11) is 0. The average molecular weight is 411 g/mol. The van der Waals surface area contributed by atoms with Crippen LogP contribution in [0.4, 0.5) is 0 Å². The Bertz CT molecular complexity index is 809. The van der Waals surface area contributed by atoms with Crippen LogP contribution in [0.25, 0.3) is 0 Å². The number of hydrogen-bond acceptors (Lipinski definition) is 2. The standard InChI is InChI=1S/C26H34N2.ClH/c1-2-6-18(7-3-1)16-20-11-13-22-23-17-27-15-14-25(23)28-24-9-5-4-8-19(24)10-12-21(20)26(22)28;/h4,8,10,14,17-18,20,22,24,27H,1-3,5-7,9,11-13,15-16H2;1H. The Labute approximate surface area is 182 Å². The molecule has 3 heteroatoms. The molecule has 3 aliphatic heterocycles. The Hall–Kier alpha value is -1.41. The Morgan fingerprint density at radius 1 is 1.00 bits per heavy atom. The maximum atomic E-state index is 3.52. The zero-order valence-electron chi connectivity index (χ0n) is 17.5. The smallest absolute Gasteiger partial charge is 0.0588 e. The lowest BCUT2D eigenvalue weighted by Gasteiger charge is -2.38. The van der Waals surface area contributed by atoms with Gasteiger partial charge in [0.05, 0.1) is 6.04 Å². The van der Waals surface area contributed by atoms with Crippen molar-refractivity contribution in [2.24, 2.45) is 17.8 Å². The predicted molar refractivity (Wildman–Crippen MR) is 123 cm³/mol. The predicted octanol–water partition coefficient (Wildman–Crippen LogP) is 6.39. The van der Waals surface area contributed by atoms with Gasteiger partial charge in [0.25, 0.3) is 0 Å². The fourth-order valence-corrected chi connectivity index (χ4v) is 7.05. The highest BCUT2D eigenvalue weighted by molar-refractivity contribution is 5.85. The molecule has 1 N–H and O–H groups in total. The van der Waals surface area contributed by atoms with Gasteiger partial charge in [-0.15, -0.1) is 12.4 Å². The van der Waals surface area contributed by atoms with Crippen molar-refractivity contribution in [3.05, 3.63) is 58.6 Å². The van der Waals surface area contributed by atoms with Crippen LogP contribution >= 0.6 is 12.4 Å². The van der Waals surface area contributed by atoms with E-state index in [2.05, 4.69) is 40.7 Å². The molecule has 0 aromatic rings. The summed E-state index contributed by atoms with van der Waals surface area (Å²) in [5.74, 6) is 2.46. The monoisotopic (exact) mass is 410 g/mol. The molecule has 156 valence electrons. The highest BCUT2D eigenvalue weighted by atomic mass is 35.5. The minimum atomic E-state index is 0. The molecule has 3 heterocycles. The molecule has 29 heavy (non-hydrogen) atoms. The molecule has 6 aliphatic rings. The van der Waals surface area contributed by atoms with Crippen LogP contribution in [0.1, 0.15) is 70.6 Å². The molecule has 3 unspecified atom stereocenters. The van der Waals surface area contributed by atoms with Crippen LogP contribution in [-0.2, 0) is 0 Å². The van der Waals surface area contributed by atoms with Crippen molar-refractivity contribution in [3.8, 4) is 0 Å². The van der Waals surface area contributed by atoms with E-state index in [4.69, 9.17) is 0 Å². The lowest BCUT2D eigenvalue weighted by molar-refractivity contribution is 0.267. The fourth-order valence-electron chi connectivity index (χ4n) is 7.05. The molecular formula is C26H35ClN2. The van der Waals surface area contributed by atoms with E-state index in [1.54, 1.807) is 22.5 Å². The maximum Gasteiger partial charge on any atom is 0.0588 e. The highest BCUT2D eigenvalue weighted by Gasteiger charge is 2.47. The Morgan fingerprint density at radius 3 is 2.79 bits per heavy atom. The number of fused-ring (bicyclic) bond motifs is 5. The minimum absolute atomic E-state index is 0. The zero-order chi connectivity index (χ0) is 18.5. The van der Waals surface area contributed by atoms with E-state index in [0.29, 0.717) is 12.0 Å². The molecule has 2 nitrogen and oxygen atoms in total. The Kier molecular flexibility index (Phi) is 5.41. The molecule has 0 radical (unpaired) electrons. The van der Waals surface area contributed by atoms with E-state index in [0.717, 1.165) is 18.4 Å². The molecule has 3 aliphatic carbocycles. The van der Waals surface area contributed by atoms with E-state index in [1.165, 1.54) is 70.6 Å². The molecule has 0 bridgehead atoms. The van der Waals surface area contributed by atoms with Crippen LogP contribution in [0, 0.1) is 17.8 Å². The van der Waals surface area contributed by atoms with E-state index >= 15 is 0 Å². The summed E-state index contributed by atoms with van der Waals surface area (Å²) in [6, 6.07) is 0.573. The van der Waals surface area contributed by atoms with Crippen LogP contribution in [0.5, 0.6) is 0 Å². The molecular weight excluding hydrogens is 376 g/mol. The lowest BCUT2D eigenvalue weighted by atomic mass is 9.72. The molecule has 6 rings (SSSR count). The van der Waals surface area contributed by atoms with Gasteiger partial charge in [-0.25, -0.2) is 0 Å². The van der Waals surface area contributed by atoms with Crippen LogP contribution in [0.3, 0.4) is 0 Å². The molecule has 1 saturated carbocycles. The molecule has 1 saturated heterocycles. The van der Waals surface area contributed by atoms with Crippen molar-refractivity contribution < 1.29 is 0 Å². The van der Waals surface area contributed by atoms with Crippen LogP contribution in [-0.4, -0.2) is 17.5 Å². The maximum absolute atomic E-state index is 3.52. The molecule has 0 aromatic carbocycles. The van der Waals surface area contributed by atoms with Gasteiger partial charge in [-0.1, -0.05) is 50.3 Å². The summed E-state index contributed by atoms with van der Waals surface area (Å²) >= 11 is 0. The van der Waals surface area contributed by atoms with Gasteiger partial charge in [0.1, 0.15) is 0 Å². The Morgan fingerprint density at radius 2 is 1.90 bits per heavy atom. The van der Waals surface area contributed by atoms with E-state index in [9.17, 15) is 0 Å². The minimum Gasteiger partial charge on any atom is -0.387 e. The molecule has 0 aromatic heterocycles. The fraction of sp³-hybridized carbons (Fsp3) is 0.615. The topological polar surface area (TPSA) is 15.3 Å². The van der Waals surface area contributed by atoms with Crippen LogP contribution < -0.4 is 5.32 Å². The summed E-state index contributed by atoms with van der Waals surface area (Å²) in [6.45, 7) is 0.984. The number of dihydropyridines is 1. The van der Waals surface area contributed by atoms with E-state index in [1.807, 2.05) is 5.57 Å². The van der Waals surface area contributed by atoms with Gasteiger partial charge in [-0.2, -0.15) is 0 Å². The molecule has 0 spiro atoms. The third-order valence-corrected chi connectivity index (χ3v) is 8.33. The van der Waals surface area contributed by atoms with Crippen molar-refractivity contribution in [1.29, 1.82) is 0 Å². The van der Waals surface area contributed by atoms with Gasteiger partial charge < -0.3 is 10.2 Å². The first-order valence-corrected chi connectivity index (χ1v) is 11.9. The number of rotatable bonds is 2. The van der Waals surface area contributed by atoms with Gasteiger partial charge in [0, 0.05) is 35.6 Å². The first kappa shape index (κ1) is 19.5. The number of allylic oxidation sites excluding steroid dienone is 5. The van der Waals surface area contributed by atoms with Crippen LogP contribution in [0.15, 0.2) is 58.6 Å². The molecule has 2 fully saturated rings. The van der Waals surface area contributed by atoms with Gasteiger partial charge in [0.15, 0.2) is 0 Å².